The standard InChI is InChI=1S/C11H22N6O3S/c1-4-7-17-10(13-8-14-17)9(2)16-11(18)12-5-6-15-21(3,19)20/h8-9,15H,4-7H2,1-3H3,(H2,12,16,18)/t9-/m0/s1. The zero-order chi connectivity index (χ0) is 15.9. The molecule has 120 valence electrons. The Balaban J connectivity index is 2.38. The van der Waals surface area contributed by atoms with Gasteiger partial charge in [0.2, 0.25) is 10.0 Å². The molecule has 0 aliphatic rings. The second-order valence-electron chi connectivity index (χ2n) is 4.63. The van der Waals surface area contributed by atoms with E-state index >= 15 is 0 Å². The summed E-state index contributed by atoms with van der Waals surface area (Å²) in [6.07, 6.45) is 3.44. The molecule has 0 unspecified atom stereocenters. The molecule has 3 N–H and O–H groups in total. The minimum Gasteiger partial charge on any atom is -0.337 e. The van der Waals surface area contributed by atoms with Crippen LogP contribution in [-0.4, -0.2) is 48.6 Å². The topological polar surface area (TPSA) is 118 Å². The van der Waals surface area contributed by atoms with Crippen LogP contribution in [-0.2, 0) is 16.6 Å². The van der Waals surface area contributed by atoms with Gasteiger partial charge >= 0.3 is 6.03 Å². The zero-order valence-corrected chi connectivity index (χ0v) is 13.3. The van der Waals surface area contributed by atoms with Crippen molar-refractivity contribution in [3.63, 3.8) is 0 Å². The first-order chi connectivity index (χ1) is 9.83. The largest absolute Gasteiger partial charge is 0.337 e. The smallest absolute Gasteiger partial charge is 0.315 e. The molecule has 0 aliphatic heterocycles. The highest BCUT2D eigenvalue weighted by Crippen LogP contribution is 2.08. The first-order valence-electron chi connectivity index (χ1n) is 6.70. The summed E-state index contributed by atoms with van der Waals surface area (Å²) >= 11 is 0. The van der Waals surface area contributed by atoms with Crippen LogP contribution >= 0.6 is 0 Å². The van der Waals surface area contributed by atoms with Gasteiger partial charge in [-0.2, -0.15) is 5.10 Å². The van der Waals surface area contributed by atoms with Crippen molar-refractivity contribution in [1.82, 2.24) is 30.1 Å². The van der Waals surface area contributed by atoms with E-state index in [2.05, 4.69) is 25.4 Å². The predicted octanol–water partition coefficient (Wildman–Crippen LogP) is -0.402. The average Bonchev–Trinajstić information content (AvgIpc) is 2.82. The molecular weight excluding hydrogens is 296 g/mol. The van der Waals surface area contributed by atoms with Crippen molar-refractivity contribution in [2.45, 2.75) is 32.9 Å². The third kappa shape index (κ3) is 6.54. The number of urea groups is 1. The number of hydrogen-bond donors (Lipinski definition) is 3. The first kappa shape index (κ1) is 17.4. The molecule has 1 aromatic rings. The monoisotopic (exact) mass is 318 g/mol. The number of rotatable bonds is 8. The van der Waals surface area contributed by atoms with Gasteiger partial charge in [-0.3, -0.25) is 0 Å². The maximum absolute atomic E-state index is 11.7. The Kier molecular flexibility index (Phi) is 6.56. The summed E-state index contributed by atoms with van der Waals surface area (Å²) in [6.45, 7) is 4.93. The lowest BCUT2D eigenvalue weighted by Crippen LogP contribution is -2.41. The molecule has 0 aromatic carbocycles. The number of carbonyl (C=O) groups excluding carboxylic acids is 1. The Hall–Kier alpha value is -1.68. The van der Waals surface area contributed by atoms with Crippen molar-refractivity contribution in [3.05, 3.63) is 12.2 Å². The van der Waals surface area contributed by atoms with E-state index in [0.29, 0.717) is 5.82 Å². The number of nitrogens with zero attached hydrogens (tertiary/aromatic N) is 3. The lowest BCUT2D eigenvalue weighted by atomic mass is 10.3. The highest BCUT2D eigenvalue weighted by Gasteiger charge is 2.15. The Morgan fingerprint density at radius 2 is 2.14 bits per heavy atom. The summed E-state index contributed by atoms with van der Waals surface area (Å²) in [5.41, 5.74) is 0. The number of carbonyl (C=O) groups is 1. The van der Waals surface area contributed by atoms with E-state index in [-0.39, 0.29) is 25.2 Å². The third-order valence-corrected chi connectivity index (χ3v) is 3.32. The molecule has 0 spiro atoms. The van der Waals surface area contributed by atoms with E-state index in [1.807, 2.05) is 13.8 Å². The molecule has 0 bridgehead atoms. The summed E-state index contributed by atoms with van der Waals surface area (Å²) in [4.78, 5) is 15.8. The van der Waals surface area contributed by atoms with Gasteiger partial charge in [-0.05, 0) is 13.3 Å². The molecule has 10 heteroatoms. The van der Waals surface area contributed by atoms with Gasteiger partial charge in [0.15, 0.2) is 0 Å². The molecule has 1 aromatic heterocycles. The van der Waals surface area contributed by atoms with Gasteiger partial charge in [0.05, 0.1) is 12.3 Å². The van der Waals surface area contributed by atoms with Crippen molar-refractivity contribution in [2.75, 3.05) is 19.3 Å². The molecule has 9 nitrogen and oxygen atoms in total. The SMILES string of the molecule is CCCn1ncnc1[C@H](C)NC(=O)NCCNS(C)(=O)=O. The molecule has 0 aliphatic carbocycles. The Bertz CT molecular complexity index is 556. The molecule has 1 heterocycles. The van der Waals surface area contributed by atoms with Crippen molar-refractivity contribution in [3.8, 4) is 0 Å². The number of nitrogens with one attached hydrogen (secondary N) is 3. The van der Waals surface area contributed by atoms with Gasteiger partial charge in [0, 0.05) is 19.6 Å². The van der Waals surface area contributed by atoms with Crippen LogP contribution in [0.5, 0.6) is 0 Å². The number of aryl methyl sites for hydroxylation is 1. The predicted molar refractivity (Wildman–Crippen MR) is 78.1 cm³/mol. The summed E-state index contributed by atoms with van der Waals surface area (Å²) in [6, 6.07) is -0.675. The van der Waals surface area contributed by atoms with Crippen LogP contribution in [0.2, 0.25) is 0 Å². The molecule has 1 atom stereocenters. The molecular formula is C11H22N6O3S. The van der Waals surface area contributed by atoms with Crippen LogP contribution in [0.15, 0.2) is 6.33 Å². The van der Waals surface area contributed by atoms with Crippen LogP contribution in [0.4, 0.5) is 4.79 Å². The van der Waals surface area contributed by atoms with Gasteiger partial charge in [-0.25, -0.2) is 27.6 Å². The van der Waals surface area contributed by atoms with Crippen molar-refractivity contribution >= 4 is 16.1 Å². The summed E-state index contributed by atoms with van der Waals surface area (Å²) in [5.74, 6) is 0.682. The molecule has 2 amide bonds. The van der Waals surface area contributed by atoms with Crippen LogP contribution in [0.25, 0.3) is 0 Å². The zero-order valence-electron chi connectivity index (χ0n) is 12.5. The Morgan fingerprint density at radius 1 is 1.43 bits per heavy atom. The second-order valence-corrected chi connectivity index (χ2v) is 6.46. The fraction of sp³-hybridized carbons (Fsp3) is 0.727. The molecule has 0 fully saturated rings. The van der Waals surface area contributed by atoms with Gasteiger partial charge in [-0.15, -0.1) is 0 Å². The number of hydrogen-bond acceptors (Lipinski definition) is 5. The lowest BCUT2D eigenvalue weighted by Gasteiger charge is -2.15. The van der Waals surface area contributed by atoms with E-state index in [9.17, 15) is 13.2 Å². The van der Waals surface area contributed by atoms with Gasteiger partial charge in [-0.1, -0.05) is 6.92 Å². The third-order valence-electron chi connectivity index (χ3n) is 2.59. The van der Waals surface area contributed by atoms with Crippen LogP contribution in [0.1, 0.15) is 32.1 Å². The quantitative estimate of drug-likeness (QED) is 0.564. The minimum absolute atomic E-state index is 0.145. The van der Waals surface area contributed by atoms with Gasteiger partial charge in [0.25, 0.3) is 0 Å². The van der Waals surface area contributed by atoms with E-state index in [4.69, 9.17) is 0 Å². The van der Waals surface area contributed by atoms with E-state index in [1.54, 1.807) is 4.68 Å². The van der Waals surface area contributed by atoms with Crippen molar-refractivity contribution in [2.24, 2.45) is 0 Å². The summed E-state index contributed by atoms with van der Waals surface area (Å²) in [5, 5.41) is 9.39. The normalized spacial score (nSPS) is 12.9. The first-order valence-corrected chi connectivity index (χ1v) is 8.59. The van der Waals surface area contributed by atoms with Gasteiger partial charge in [0.1, 0.15) is 12.2 Å². The molecule has 0 saturated heterocycles. The maximum Gasteiger partial charge on any atom is 0.315 e. The Labute approximate surface area is 124 Å². The molecule has 21 heavy (non-hydrogen) atoms. The average molecular weight is 318 g/mol. The lowest BCUT2D eigenvalue weighted by molar-refractivity contribution is 0.237. The highest BCUT2D eigenvalue weighted by molar-refractivity contribution is 7.88. The van der Waals surface area contributed by atoms with Crippen LogP contribution < -0.4 is 15.4 Å². The Morgan fingerprint density at radius 3 is 2.76 bits per heavy atom. The number of aromatic nitrogens is 3. The molecule has 0 saturated carbocycles. The van der Waals surface area contributed by atoms with E-state index in [0.717, 1.165) is 19.2 Å². The van der Waals surface area contributed by atoms with Crippen LogP contribution in [0, 0.1) is 0 Å². The molecule has 0 radical (unpaired) electrons. The number of amides is 2. The van der Waals surface area contributed by atoms with Gasteiger partial charge < -0.3 is 10.6 Å². The summed E-state index contributed by atoms with van der Waals surface area (Å²) < 4.78 is 25.7. The van der Waals surface area contributed by atoms with Crippen molar-refractivity contribution in [1.29, 1.82) is 0 Å². The highest BCUT2D eigenvalue weighted by atomic mass is 32.2. The fourth-order valence-corrected chi connectivity index (χ4v) is 2.19. The van der Waals surface area contributed by atoms with E-state index in [1.165, 1.54) is 6.33 Å². The van der Waals surface area contributed by atoms with Crippen LogP contribution in [0.3, 0.4) is 0 Å². The van der Waals surface area contributed by atoms with E-state index < -0.39 is 10.0 Å². The summed E-state index contributed by atoms with van der Waals surface area (Å²) in [7, 11) is -3.24. The number of sulfonamides is 1. The molecule has 1 rings (SSSR count). The second kappa shape index (κ2) is 7.93. The maximum atomic E-state index is 11.7. The van der Waals surface area contributed by atoms with Crippen molar-refractivity contribution < 1.29 is 13.2 Å². The minimum atomic E-state index is -3.24. The fourth-order valence-electron chi connectivity index (χ4n) is 1.72.